The second-order valence-electron chi connectivity index (χ2n) is 6.37. The smallest absolute Gasteiger partial charge is 0.203 e. The van der Waals surface area contributed by atoms with Gasteiger partial charge >= 0.3 is 0 Å². The van der Waals surface area contributed by atoms with E-state index in [2.05, 4.69) is 15.5 Å². The van der Waals surface area contributed by atoms with Crippen LogP contribution < -0.4 is 10.2 Å². The fraction of sp³-hybridized carbons (Fsp3) is 0.0435. The Bertz CT molecular complexity index is 1150. The van der Waals surface area contributed by atoms with E-state index < -0.39 is 0 Å². The Kier molecular flexibility index (Phi) is 6.37. The highest BCUT2D eigenvalue weighted by molar-refractivity contribution is 7.14. The molecule has 0 aliphatic heterocycles. The lowest BCUT2D eigenvalue weighted by Gasteiger charge is -2.09. The van der Waals surface area contributed by atoms with Crippen molar-refractivity contribution in [1.82, 2.24) is 4.98 Å². The lowest BCUT2D eigenvalue weighted by atomic mass is 10.2. The molecule has 4 nitrogen and oxygen atoms in total. The SMILES string of the molecule is Fc1ccc(C=NNc2nc(-c3ccccc3)cs2)c(OCc2ccc(Cl)cc2)c1. The molecule has 30 heavy (non-hydrogen) atoms. The van der Waals surface area contributed by atoms with Crippen molar-refractivity contribution in [3.8, 4) is 17.0 Å². The van der Waals surface area contributed by atoms with Crippen LogP contribution >= 0.6 is 22.9 Å². The molecule has 0 radical (unpaired) electrons. The van der Waals surface area contributed by atoms with E-state index in [9.17, 15) is 4.39 Å². The molecule has 150 valence electrons. The number of aromatic nitrogens is 1. The zero-order chi connectivity index (χ0) is 20.8. The Balaban J connectivity index is 1.43. The van der Waals surface area contributed by atoms with E-state index in [4.69, 9.17) is 16.3 Å². The van der Waals surface area contributed by atoms with Gasteiger partial charge in [0, 0.05) is 27.6 Å². The summed E-state index contributed by atoms with van der Waals surface area (Å²) in [5.41, 5.74) is 6.43. The molecule has 7 heteroatoms. The van der Waals surface area contributed by atoms with E-state index >= 15 is 0 Å². The average Bonchev–Trinajstić information content (AvgIpc) is 3.24. The molecule has 0 fully saturated rings. The molecule has 1 aromatic heterocycles. The molecule has 0 bridgehead atoms. The summed E-state index contributed by atoms with van der Waals surface area (Å²) in [6.07, 6.45) is 1.58. The third-order valence-electron chi connectivity index (χ3n) is 4.22. The van der Waals surface area contributed by atoms with E-state index in [-0.39, 0.29) is 5.82 Å². The van der Waals surface area contributed by atoms with Gasteiger partial charge in [-0.1, -0.05) is 54.1 Å². The monoisotopic (exact) mass is 437 g/mol. The maximum absolute atomic E-state index is 13.7. The second-order valence-corrected chi connectivity index (χ2v) is 7.67. The minimum Gasteiger partial charge on any atom is -0.488 e. The van der Waals surface area contributed by atoms with Crippen LogP contribution in [0.1, 0.15) is 11.1 Å². The highest BCUT2D eigenvalue weighted by Gasteiger charge is 2.06. The van der Waals surface area contributed by atoms with Gasteiger partial charge in [-0.25, -0.2) is 9.37 Å². The average molecular weight is 438 g/mol. The molecule has 4 aromatic rings. The summed E-state index contributed by atoms with van der Waals surface area (Å²) in [5, 5.41) is 7.51. The van der Waals surface area contributed by atoms with Crippen LogP contribution in [0.5, 0.6) is 5.75 Å². The summed E-state index contributed by atoms with van der Waals surface area (Å²) < 4.78 is 19.5. The summed E-state index contributed by atoms with van der Waals surface area (Å²) in [6.45, 7) is 0.293. The lowest BCUT2D eigenvalue weighted by molar-refractivity contribution is 0.304. The van der Waals surface area contributed by atoms with Gasteiger partial charge in [-0.05, 0) is 29.8 Å². The van der Waals surface area contributed by atoms with Gasteiger partial charge in [-0.15, -0.1) is 11.3 Å². The summed E-state index contributed by atoms with van der Waals surface area (Å²) in [7, 11) is 0. The Morgan fingerprint density at radius 3 is 2.67 bits per heavy atom. The number of hydrogen-bond acceptors (Lipinski definition) is 5. The Hall–Kier alpha value is -3.22. The van der Waals surface area contributed by atoms with Gasteiger partial charge < -0.3 is 4.74 Å². The number of nitrogens with zero attached hydrogens (tertiary/aromatic N) is 2. The number of hydrazone groups is 1. The summed E-state index contributed by atoms with van der Waals surface area (Å²) in [6, 6.07) is 21.6. The van der Waals surface area contributed by atoms with Crippen LogP contribution in [0.25, 0.3) is 11.3 Å². The first kappa shape index (κ1) is 20.1. The molecule has 0 saturated carbocycles. The van der Waals surface area contributed by atoms with Crippen molar-refractivity contribution in [3.63, 3.8) is 0 Å². The molecule has 3 aromatic carbocycles. The highest BCUT2D eigenvalue weighted by atomic mass is 35.5. The number of hydrogen-bond donors (Lipinski definition) is 1. The van der Waals surface area contributed by atoms with Crippen LogP contribution in [0.3, 0.4) is 0 Å². The maximum atomic E-state index is 13.7. The Morgan fingerprint density at radius 2 is 1.87 bits per heavy atom. The van der Waals surface area contributed by atoms with Gasteiger partial charge in [-0.3, -0.25) is 5.43 Å². The third kappa shape index (κ3) is 5.23. The Labute approximate surface area is 182 Å². The van der Waals surface area contributed by atoms with E-state index in [1.165, 1.54) is 23.5 Å². The van der Waals surface area contributed by atoms with Gasteiger partial charge in [0.1, 0.15) is 18.2 Å². The van der Waals surface area contributed by atoms with Crippen molar-refractivity contribution in [2.75, 3.05) is 5.43 Å². The normalized spacial score (nSPS) is 11.0. The van der Waals surface area contributed by atoms with Crippen molar-refractivity contribution in [2.24, 2.45) is 5.10 Å². The lowest BCUT2D eigenvalue weighted by Crippen LogP contribution is -2.00. The fourth-order valence-corrected chi connectivity index (χ4v) is 3.50. The first-order chi connectivity index (χ1) is 14.7. The van der Waals surface area contributed by atoms with Gasteiger partial charge in [0.15, 0.2) is 0 Å². The summed E-state index contributed by atoms with van der Waals surface area (Å²) >= 11 is 7.36. The highest BCUT2D eigenvalue weighted by Crippen LogP contribution is 2.25. The maximum Gasteiger partial charge on any atom is 0.203 e. The predicted molar refractivity (Wildman–Crippen MR) is 121 cm³/mol. The molecular formula is C23H17ClFN3OS. The number of benzene rings is 3. The zero-order valence-electron chi connectivity index (χ0n) is 15.8. The fourth-order valence-electron chi connectivity index (χ4n) is 2.71. The molecule has 0 aliphatic carbocycles. The molecule has 0 saturated heterocycles. The molecule has 0 unspecified atom stereocenters. The van der Waals surface area contributed by atoms with Gasteiger partial charge in [0.05, 0.1) is 11.9 Å². The zero-order valence-corrected chi connectivity index (χ0v) is 17.3. The number of anilines is 1. The van der Waals surface area contributed by atoms with Crippen molar-refractivity contribution >= 4 is 34.3 Å². The topological polar surface area (TPSA) is 46.5 Å². The number of halogens is 2. The van der Waals surface area contributed by atoms with E-state index in [1.807, 2.05) is 47.8 Å². The van der Waals surface area contributed by atoms with Crippen molar-refractivity contribution in [3.05, 3.63) is 100 Å². The van der Waals surface area contributed by atoms with Gasteiger partial charge in [0.25, 0.3) is 0 Å². The molecule has 1 N–H and O–H groups in total. The van der Waals surface area contributed by atoms with E-state index in [0.29, 0.717) is 28.1 Å². The van der Waals surface area contributed by atoms with Crippen LogP contribution in [-0.2, 0) is 6.61 Å². The second kappa shape index (κ2) is 9.52. The van der Waals surface area contributed by atoms with Crippen LogP contribution in [0.2, 0.25) is 5.02 Å². The van der Waals surface area contributed by atoms with Crippen molar-refractivity contribution in [2.45, 2.75) is 6.61 Å². The minimum absolute atomic E-state index is 0.293. The third-order valence-corrected chi connectivity index (χ3v) is 5.22. The van der Waals surface area contributed by atoms with E-state index in [1.54, 1.807) is 24.4 Å². The molecular weight excluding hydrogens is 421 g/mol. The first-order valence-electron chi connectivity index (χ1n) is 9.14. The molecule has 0 aliphatic rings. The summed E-state index contributed by atoms with van der Waals surface area (Å²) in [5.74, 6) is 0.0262. The number of thiazole rings is 1. The van der Waals surface area contributed by atoms with E-state index in [0.717, 1.165) is 16.8 Å². The molecule has 0 amide bonds. The molecule has 0 atom stereocenters. The van der Waals surface area contributed by atoms with Gasteiger partial charge in [-0.2, -0.15) is 5.10 Å². The van der Waals surface area contributed by atoms with Crippen molar-refractivity contribution < 1.29 is 9.13 Å². The largest absolute Gasteiger partial charge is 0.488 e. The quantitative estimate of drug-likeness (QED) is 0.261. The summed E-state index contributed by atoms with van der Waals surface area (Å²) in [4.78, 5) is 4.52. The number of ether oxygens (including phenoxy) is 1. The van der Waals surface area contributed by atoms with Crippen LogP contribution in [0.15, 0.2) is 83.3 Å². The first-order valence-corrected chi connectivity index (χ1v) is 10.4. The Morgan fingerprint density at radius 1 is 1.07 bits per heavy atom. The standard InChI is InChI=1S/C23H17ClFN3OS/c24-19-9-6-16(7-10-19)14-29-22-12-20(25)11-8-18(22)13-26-28-23-27-21(15-30-23)17-4-2-1-3-5-17/h1-13,15H,14H2,(H,27,28). The molecule has 4 rings (SSSR count). The number of nitrogens with one attached hydrogen (secondary N) is 1. The van der Waals surface area contributed by atoms with Crippen molar-refractivity contribution in [1.29, 1.82) is 0 Å². The predicted octanol–water partition coefficient (Wildman–Crippen LogP) is 6.63. The molecule has 1 heterocycles. The van der Waals surface area contributed by atoms with Crippen LogP contribution in [0.4, 0.5) is 9.52 Å². The molecule has 0 spiro atoms. The van der Waals surface area contributed by atoms with Gasteiger partial charge in [0.2, 0.25) is 5.13 Å². The minimum atomic E-state index is -0.376. The number of rotatable bonds is 7. The van der Waals surface area contributed by atoms with Crippen LogP contribution in [-0.4, -0.2) is 11.2 Å². The van der Waals surface area contributed by atoms with Crippen LogP contribution in [0, 0.1) is 5.82 Å².